The molecule has 1 aromatic carbocycles. The SMILES string of the molecule is Cn1cc(CN(C(=O)c2cc(-c3ccncc3)nc3ccccc23)C2CC2)cn1. The van der Waals surface area contributed by atoms with Crippen molar-refractivity contribution in [1.82, 2.24) is 24.6 Å². The van der Waals surface area contributed by atoms with E-state index in [1.807, 2.05) is 66.8 Å². The van der Waals surface area contributed by atoms with E-state index < -0.39 is 0 Å². The van der Waals surface area contributed by atoms with Gasteiger partial charge >= 0.3 is 0 Å². The molecule has 1 aliphatic carbocycles. The summed E-state index contributed by atoms with van der Waals surface area (Å²) in [6.07, 6.45) is 9.38. The maximum absolute atomic E-state index is 13.7. The second-order valence-electron chi connectivity index (χ2n) is 7.49. The average Bonchev–Trinajstić information content (AvgIpc) is 3.52. The number of aryl methyl sites for hydroxylation is 1. The molecule has 3 heterocycles. The molecular formula is C23H21N5O. The zero-order chi connectivity index (χ0) is 19.8. The van der Waals surface area contributed by atoms with Crippen molar-refractivity contribution in [1.29, 1.82) is 0 Å². The highest BCUT2D eigenvalue weighted by atomic mass is 16.2. The molecule has 144 valence electrons. The summed E-state index contributed by atoms with van der Waals surface area (Å²) in [4.78, 5) is 24.5. The van der Waals surface area contributed by atoms with Gasteiger partial charge in [-0.15, -0.1) is 0 Å². The number of carbonyl (C=O) groups excluding carboxylic acids is 1. The Kier molecular flexibility index (Phi) is 4.31. The molecular weight excluding hydrogens is 362 g/mol. The zero-order valence-corrected chi connectivity index (χ0v) is 16.2. The van der Waals surface area contributed by atoms with Crippen molar-refractivity contribution in [2.75, 3.05) is 0 Å². The lowest BCUT2D eigenvalue weighted by Crippen LogP contribution is -2.32. The molecule has 4 aromatic rings. The minimum absolute atomic E-state index is 0.0465. The van der Waals surface area contributed by atoms with Crippen LogP contribution in [0.3, 0.4) is 0 Å². The highest BCUT2D eigenvalue weighted by Crippen LogP contribution is 2.32. The number of nitrogens with zero attached hydrogens (tertiary/aromatic N) is 5. The van der Waals surface area contributed by atoms with Crippen LogP contribution < -0.4 is 0 Å². The minimum Gasteiger partial charge on any atom is -0.331 e. The Morgan fingerprint density at radius 1 is 1.17 bits per heavy atom. The molecule has 6 nitrogen and oxygen atoms in total. The molecule has 1 amide bonds. The molecule has 0 atom stereocenters. The van der Waals surface area contributed by atoms with E-state index in [1.165, 1.54) is 0 Å². The van der Waals surface area contributed by atoms with Crippen molar-refractivity contribution in [2.45, 2.75) is 25.4 Å². The number of aromatic nitrogens is 4. The molecule has 0 N–H and O–H groups in total. The Labute approximate surface area is 168 Å². The van der Waals surface area contributed by atoms with Crippen LogP contribution in [0.25, 0.3) is 22.2 Å². The van der Waals surface area contributed by atoms with E-state index in [1.54, 1.807) is 17.1 Å². The fourth-order valence-corrected chi connectivity index (χ4v) is 3.68. The number of benzene rings is 1. The van der Waals surface area contributed by atoms with Gasteiger partial charge in [-0.1, -0.05) is 18.2 Å². The first-order valence-corrected chi connectivity index (χ1v) is 9.78. The number of hydrogen-bond acceptors (Lipinski definition) is 4. The average molecular weight is 383 g/mol. The van der Waals surface area contributed by atoms with Gasteiger partial charge in [0, 0.05) is 54.7 Å². The van der Waals surface area contributed by atoms with Crippen molar-refractivity contribution < 1.29 is 4.79 Å². The predicted molar refractivity (Wildman–Crippen MR) is 111 cm³/mol. The van der Waals surface area contributed by atoms with E-state index in [0.717, 1.165) is 40.6 Å². The fraction of sp³-hybridized carbons (Fsp3) is 0.217. The number of amides is 1. The van der Waals surface area contributed by atoms with Gasteiger partial charge in [-0.05, 0) is 37.1 Å². The van der Waals surface area contributed by atoms with Crippen molar-refractivity contribution in [3.63, 3.8) is 0 Å². The lowest BCUT2D eigenvalue weighted by atomic mass is 10.0. The highest BCUT2D eigenvalue weighted by molar-refractivity contribution is 6.07. The molecule has 5 rings (SSSR count). The fourth-order valence-electron chi connectivity index (χ4n) is 3.68. The summed E-state index contributed by atoms with van der Waals surface area (Å²) in [6, 6.07) is 13.9. The third-order valence-electron chi connectivity index (χ3n) is 5.28. The smallest absolute Gasteiger partial charge is 0.255 e. The third-order valence-corrected chi connectivity index (χ3v) is 5.28. The molecule has 3 aromatic heterocycles. The number of para-hydroxylation sites is 1. The molecule has 29 heavy (non-hydrogen) atoms. The van der Waals surface area contributed by atoms with Gasteiger partial charge in [-0.25, -0.2) is 4.98 Å². The van der Waals surface area contributed by atoms with Crippen LogP contribution >= 0.6 is 0 Å². The Bertz CT molecular complexity index is 1180. The van der Waals surface area contributed by atoms with Crippen LogP contribution in [0.5, 0.6) is 0 Å². The van der Waals surface area contributed by atoms with Gasteiger partial charge < -0.3 is 4.90 Å². The summed E-state index contributed by atoms with van der Waals surface area (Å²) < 4.78 is 1.77. The summed E-state index contributed by atoms with van der Waals surface area (Å²) >= 11 is 0. The van der Waals surface area contributed by atoms with Gasteiger partial charge in [-0.3, -0.25) is 14.5 Å². The molecule has 1 aliphatic rings. The highest BCUT2D eigenvalue weighted by Gasteiger charge is 2.34. The molecule has 0 radical (unpaired) electrons. The molecule has 1 fully saturated rings. The van der Waals surface area contributed by atoms with Crippen LogP contribution in [0.2, 0.25) is 0 Å². The Morgan fingerprint density at radius 2 is 1.97 bits per heavy atom. The van der Waals surface area contributed by atoms with Gasteiger partial charge in [0.05, 0.1) is 23.0 Å². The standard InChI is InChI=1S/C23H21N5O/c1-27-14-16(13-25-27)15-28(18-6-7-18)23(29)20-12-22(17-8-10-24-11-9-17)26-21-5-3-2-4-19(20)21/h2-5,8-14,18H,6-7,15H2,1H3. The van der Waals surface area contributed by atoms with Crippen molar-refractivity contribution >= 4 is 16.8 Å². The Balaban J connectivity index is 1.59. The van der Waals surface area contributed by atoms with E-state index in [4.69, 9.17) is 4.98 Å². The van der Waals surface area contributed by atoms with Gasteiger partial charge in [0.15, 0.2) is 0 Å². The predicted octanol–water partition coefficient (Wildman–Crippen LogP) is 3.84. The molecule has 0 unspecified atom stereocenters. The van der Waals surface area contributed by atoms with Crippen LogP contribution in [-0.2, 0) is 13.6 Å². The van der Waals surface area contributed by atoms with Crippen molar-refractivity contribution in [3.05, 3.63) is 78.4 Å². The molecule has 0 saturated heterocycles. The summed E-state index contributed by atoms with van der Waals surface area (Å²) in [7, 11) is 1.89. The first-order valence-electron chi connectivity index (χ1n) is 9.78. The summed E-state index contributed by atoms with van der Waals surface area (Å²) in [5, 5.41) is 5.13. The first-order chi connectivity index (χ1) is 14.2. The summed E-state index contributed by atoms with van der Waals surface area (Å²) in [5.41, 5.74) is 4.29. The van der Waals surface area contributed by atoms with Crippen LogP contribution in [0.4, 0.5) is 0 Å². The second-order valence-corrected chi connectivity index (χ2v) is 7.49. The number of rotatable bonds is 5. The van der Waals surface area contributed by atoms with E-state index in [0.29, 0.717) is 18.2 Å². The van der Waals surface area contributed by atoms with E-state index in [2.05, 4.69) is 10.1 Å². The zero-order valence-electron chi connectivity index (χ0n) is 16.2. The first kappa shape index (κ1) is 17.6. The topological polar surface area (TPSA) is 63.9 Å². The van der Waals surface area contributed by atoms with Crippen molar-refractivity contribution in [3.8, 4) is 11.3 Å². The monoisotopic (exact) mass is 383 g/mol. The van der Waals surface area contributed by atoms with Gasteiger partial charge in [0.1, 0.15) is 0 Å². The normalized spacial score (nSPS) is 13.6. The quantitative estimate of drug-likeness (QED) is 0.525. The number of carbonyl (C=O) groups is 1. The molecule has 6 heteroatoms. The second kappa shape index (κ2) is 7.13. The lowest BCUT2D eigenvalue weighted by molar-refractivity contribution is 0.0732. The minimum atomic E-state index is 0.0465. The number of fused-ring (bicyclic) bond motifs is 1. The van der Waals surface area contributed by atoms with E-state index >= 15 is 0 Å². The van der Waals surface area contributed by atoms with Gasteiger partial charge in [0.25, 0.3) is 5.91 Å². The van der Waals surface area contributed by atoms with Crippen LogP contribution in [0, 0.1) is 0 Å². The maximum Gasteiger partial charge on any atom is 0.255 e. The molecule has 0 bridgehead atoms. The molecule has 1 saturated carbocycles. The van der Waals surface area contributed by atoms with E-state index in [-0.39, 0.29) is 5.91 Å². The van der Waals surface area contributed by atoms with Crippen LogP contribution in [-0.4, -0.2) is 36.6 Å². The largest absolute Gasteiger partial charge is 0.331 e. The van der Waals surface area contributed by atoms with Gasteiger partial charge in [-0.2, -0.15) is 5.10 Å². The lowest BCUT2D eigenvalue weighted by Gasteiger charge is -2.23. The number of pyridine rings is 2. The summed E-state index contributed by atoms with van der Waals surface area (Å²) in [6.45, 7) is 0.568. The van der Waals surface area contributed by atoms with Crippen LogP contribution in [0.15, 0.2) is 67.3 Å². The Hall–Kier alpha value is -3.54. The maximum atomic E-state index is 13.7. The Morgan fingerprint density at radius 3 is 2.69 bits per heavy atom. The van der Waals surface area contributed by atoms with Crippen LogP contribution in [0.1, 0.15) is 28.8 Å². The third kappa shape index (κ3) is 3.49. The van der Waals surface area contributed by atoms with Gasteiger partial charge in [0.2, 0.25) is 0 Å². The van der Waals surface area contributed by atoms with Crippen molar-refractivity contribution in [2.24, 2.45) is 7.05 Å². The molecule has 0 spiro atoms. The summed E-state index contributed by atoms with van der Waals surface area (Å²) in [5.74, 6) is 0.0465. The number of hydrogen-bond donors (Lipinski definition) is 0. The van der Waals surface area contributed by atoms with E-state index in [9.17, 15) is 4.79 Å². The molecule has 0 aliphatic heterocycles.